The lowest BCUT2D eigenvalue weighted by atomic mass is 10.0. The summed E-state index contributed by atoms with van der Waals surface area (Å²) in [7, 11) is 1.27. The number of aryl methyl sites for hydroxylation is 1. The zero-order chi connectivity index (χ0) is 16.8. The lowest BCUT2D eigenvalue weighted by molar-refractivity contribution is -0.142. The summed E-state index contributed by atoms with van der Waals surface area (Å²) in [6.07, 6.45) is 0.306. The van der Waals surface area contributed by atoms with Gasteiger partial charge in [0.25, 0.3) is 5.91 Å². The van der Waals surface area contributed by atoms with E-state index in [1.54, 1.807) is 0 Å². The Kier molecular flexibility index (Phi) is 5.46. The second kappa shape index (κ2) is 7.54. The summed E-state index contributed by atoms with van der Waals surface area (Å²) in [6, 6.07) is 12.1. The SMILES string of the molecule is COC(=O)[C@H](Cc1ccccc1C)NC(=O)c1cccc(F)c1. The molecule has 120 valence electrons. The molecule has 0 bridgehead atoms. The van der Waals surface area contributed by atoms with E-state index in [0.717, 1.165) is 17.2 Å². The van der Waals surface area contributed by atoms with Gasteiger partial charge in [0.2, 0.25) is 0 Å². The molecule has 0 radical (unpaired) electrons. The first-order valence-electron chi connectivity index (χ1n) is 7.20. The van der Waals surface area contributed by atoms with E-state index < -0.39 is 23.7 Å². The molecule has 1 N–H and O–H groups in total. The van der Waals surface area contributed by atoms with Crippen LogP contribution >= 0.6 is 0 Å². The first-order chi connectivity index (χ1) is 11.0. The van der Waals surface area contributed by atoms with Crippen LogP contribution < -0.4 is 5.32 Å². The van der Waals surface area contributed by atoms with Crippen LogP contribution in [-0.4, -0.2) is 25.0 Å². The molecular formula is C18H18FNO3. The van der Waals surface area contributed by atoms with Crippen LogP contribution in [0, 0.1) is 12.7 Å². The van der Waals surface area contributed by atoms with Crippen molar-refractivity contribution in [3.8, 4) is 0 Å². The van der Waals surface area contributed by atoms with Crippen LogP contribution in [0.4, 0.5) is 4.39 Å². The molecule has 1 amide bonds. The zero-order valence-corrected chi connectivity index (χ0v) is 13.0. The summed E-state index contributed by atoms with van der Waals surface area (Å²) in [5.74, 6) is -1.57. The number of amides is 1. The van der Waals surface area contributed by atoms with Gasteiger partial charge in [-0.3, -0.25) is 4.79 Å². The van der Waals surface area contributed by atoms with Crippen molar-refractivity contribution in [3.05, 3.63) is 71.0 Å². The average molecular weight is 315 g/mol. The Balaban J connectivity index is 2.17. The third-order valence-corrected chi connectivity index (χ3v) is 3.56. The van der Waals surface area contributed by atoms with Gasteiger partial charge < -0.3 is 10.1 Å². The molecule has 0 aliphatic carbocycles. The second-order valence-corrected chi connectivity index (χ2v) is 5.19. The number of ether oxygens (including phenoxy) is 1. The highest BCUT2D eigenvalue weighted by Crippen LogP contribution is 2.11. The number of esters is 1. The molecule has 2 aromatic rings. The van der Waals surface area contributed by atoms with Gasteiger partial charge in [-0.2, -0.15) is 0 Å². The molecule has 0 saturated heterocycles. The lowest BCUT2D eigenvalue weighted by Gasteiger charge is -2.17. The Morgan fingerprint density at radius 2 is 1.91 bits per heavy atom. The molecule has 0 fully saturated rings. The standard InChI is InChI=1S/C18H18FNO3/c1-12-6-3-4-7-13(12)11-16(18(22)23-2)20-17(21)14-8-5-9-15(19)10-14/h3-10,16H,11H2,1-2H3,(H,20,21)/t16-/m0/s1. The molecular weight excluding hydrogens is 297 g/mol. The number of carbonyl (C=O) groups excluding carboxylic acids is 2. The van der Waals surface area contributed by atoms with Gasteiger partial charge >= 0.3 is 5.97 Å². The van der Waals surface area contributed by atoms with Gasteiger partial charge in [0.05, 0.1) is 7.11 Å². The van der Waals surface area contributed by atoms with Crippen molar-refractivity contribution in [2.75, 3.05) is 7.11 Å². The molecule has 4 nitrogen and oxygen atoms in total. The molecule has 1 atom stereocenters. The Hall–Kier alpha value is -2.69. The van der Waals surface area contributed by atoms with Crippen molar-refractivity contribution in [2.45, 2.75) is 19.4 Å². The van der Waals surface area contributed by atoms with E-state index in [2.05, 4.69) is 5.32 Å². The number of methoxy groups -OCH3 is 1. The number of benzene rings is 2. The fourth-order valence-corrected chi connectivity index (χ4v) is 2.27. The minimum atomic E-state index is -0.836. The van der Waals surface area contributed by atoms with Crippen molar-refractivity contribution in [1.29, 1.82) is 0 Å². The molecule has 0 aromatic heterocycles. The van der Waals surface area contributed by atoms with Crippen LogP contribution in [-0.2, 0) is 16.0 Å². The maximum atomic E-state index is 13.2. The van der Waals surface area contributed by atoms with Gasteiger partial charge in [-0.25, -0.2) is 9.18 Å². The van der Waals surface area contributed by atoms with Gasteiger partial charge in [-0.05, 0) is 36.2 Å². The predicted molar refractivity (Wildman–Crippen MR) is 84.6 cm³/mol. The molecule has 0 aliphatic heterocycles. The van der Waals surface area contributed by atoms with Crippen LogP contribution in [0.25, 0.3) is 0 Å². The van der Waals surface area contributed by atoms with E-state index in [9.17, 15) is 14.0 Å². The summed E-state index contributed by atoms with van der Waals surface area (Å²) in [4.78, 5) is 24.2. The van der Waals surface area contributed by atoms with Crippen LogP contribution in [0.2, 0.25) is 0 Å². The molecule has 0 saturated carbocycles. The normalized spacial score (nSPS) is 11.6. The molecule has 0 heterocycles. The zero-order valence-electron chi connectivity index (χ0n) is 13.0. The number of carbonyl (C=O) groups is 2. The van der Waals surface area contributed by atoms with Gasteiger partial charge in [-0.1, -0.05) is 30.3 Å². The van der Waals surface area contributed by atoms with Crippen molar-refractivity contribution in [2.24, 2.45) is 0 Å². The molecule has 0 unspecified atom stereocenters. The summed E-state index contributed by atoms with van der Waals surface area (Å²) in [5.41, 5.74) is 2.10. The van der Waals surface area contributed by atoms with E-state index in [-0.39, 0.29) is 5.56 Å². The van der Waals surface area contributed by atoms with Crippen molar-refractivity contribution >= 4 is 11.9 Å². The third kappa shape index (κ3) is 4.39. The largest absolute Gasteiger partial charge is 0.467 e. The van der Waals surface area contributed by atoms with Crippen LogP contribution in [0.1, 0.15) is 21.5 Å². The van der Waals surface area contributed by atoms with Crippen LogP contribution in [0.15, 0.2) is 48.5 Å². The van der Waals surface area contributed by atoms with Crippen LogP contribution in [0.5, 0.6) is 0 Å². The van der Waals surface area contributed by atoms with E-state index in [1.807, 2.05) is 31.2 Å². The smallest absolute Gasteiger partial charge is 0.328 e. The van der Waals surface area contributed by atoms with Crippen molar-refractivity contribution in [3.63, 3.8) is 0 Å². The number of hydrogen-bond acceptors (Lipinski definition) is 3. The van der Waals surface area contributed by atoms with E-state index in [1.165, 1.54) is 25.3 Å². The maximum Gasteiger partial charge on any atom is 0.328 e. The predicted octanol–water partition coefficient (Wildman–Crippen LogP) is 2.65. The summed E-state index contributed by atoms with van der Waals surface area (Å²) < 4.78 is 18.0. The molecule has 0 aliphatic rings. The first-order valence-corrected chi connectivity index (χ1v) is 7.20. The molecule has 2 rings (SSSR count). The summed E-state index contributed by atoms with van der Waals surface area (Å²) in [6.45, 7) is 1.93. The second-order valence-electron chi connectivity index (χ2n) is 5.19. The van der Waals surface area contributed by atoms with Gasteiger partial charge in [0.1, 0.15) is 11.9 Å². The Labute approximate surface area is 134 Å². The lowest BCUT2D eigenvalue weighted by Crippen LogP contribution is -2.43. The topological polar surface area (TPSA) is 55.4 Å². The molecule has 23 heavy (non-hydrogen) atoms. The molecule has 5 heteroatoms. The van der Waals surface area contributed by atoms with Crippen molar-refractivity contribution in [1.82, 2.24) is 5.32 Å². The highest BCUT2D eigenvalue weighted by atomic mass is 19.1. The third-order valence-electron chi connectivity index (χ3n) is 3.56. The Bertz CT molecular complexity index is 715. The minimum absolute atomic E-state index is 0.156. The quantitative estimate of drug-likeness (QED) is 0.863. The highest BCUT2D eigenvalue weighted by Gasteiger charge is 2.23. The maximum absolute atomic E-state index is 13.2. The highest BCUT2D eigenvalue weighted by molar-refractivity contribution is 5.96. The Morgan fingerprint density at radius 3 is 2.57 bits per heavy atom. The monoisotopic (exact) mass is 315 g/mol. The molecule has 2 aromatic carbocycles. The van der Waals surface area contributed by atoms with Gasteiger partial charge in [0.15, 0.2) is 0 Å². The molecule has 0 spiro atoms. The number of rotatable bonds is 5. The van der Waals surface area contributed by atoms with E-state index >= 15 is 0 Å². The van der Waals surface area contributed by atoms with E-state index in [4.69, 9.17) is 4.74 Å². The number of halogens is 1. The van der Waals surface area contributed by atoms with E-state index in [0.29, 0.717) is 6.42 Å². The first kappa shape index (κ1) is 16.7. The van der Waals surface area contributed by atoms with Crippen molar-refractivity contribution < 1.29 is 18.7 Å². The minimum Gasteiger partial charge on any atom is -0.467 e. The summed E-state index contributed by atoms with van der Waals surface area (Å²) in [5, 5.41) is 2.61. The van der Waals surface area contributed by atoms with Gasteiger partial charge in [-0.15, -0.1) is 0 Å². The summed E-state index contributed by atoms with van der Waals surface area (Å²) >= 11 is 0. The van der Waals surface area contributed by atoms with Gasteiger partial charge in [0, 0.05) is 12.0 Å². The number of hydrogen-bond donors (Lipinski definition) is 1. The fraction of sp³-hybridized carbons (Fsp3) is 0.222. The Morgan fingerprint density at radius 1 is 1.17 bits per heavy atom. The van der Waals surface area contributed by atoms with Crippen LogP contribution in [0.3, 0.4) is 0 Å². The fourth-order valence-electron chi connectivity index (χ4n) is 2.27. The number of nitrogens with one attached hydrogen (secondary N) is 1. The average Bonchev–Trinajstić information content (AvgIpc) is 2.55.